The maximum absolute atomic E-state index is 12.8. The van der Waals surface area contributed by atoms with Crippen LogP contribution in [0.2, 0.25) is 0 Å². The van der Waals surface area contributed by atoms with Crippen molar-refractivity contribution in [2.45, 2.75) is 224 Å². The standard InChI is InChI=1S/C43H79O13P/c1-3-5-7-9-11-13-15-17-18-20-21-23-25-27-29-31-36(44)53-33-35(34-54-57(51,52)56-43-41(49)39(47)38(46)40(48)42(43)50)55-37(45)32-30-28-26-24-22-19-16-14-12-10-8-6-4-2/h13,15,19,22,35,38-43,46-50H,3-12,14,16-18,20-21,23-34H2,1-2H3,(H,51,52)/b15-13+,22-19+/t35-,38?,39-,40?,41?,42?,43?/m0/s1. The van der Waals surface area contributed by atoms with Crippen LogP contribution >= 0.6 is 7.82 Å². The molecule has 8 atom stereocenters. The number of carbonyl (C=O) groups is 2. The van der Waals surface area contributed by atoms with E-state index in [1.807, 2.05) is 0 Å². The Morgan fingerprint density at radius 3 is 1.37 bits per heavy atom. The van der Waals surface area contributed by atoms with E-state index in [9.17, 15) is 44.6 Å². The molecule has 1 rings (SSSR count). The molecule has 0 amide bonds. The SMILES string of the molecule is CCCCCC/C=C/CCCCCCCCCC(=O)OC[C@@H](COP(=O)(O)OC1C(O)C(O)C(O)[C@H](O)C1O)OC(=O)CCCCC/C=C/CCCCCCCC. The van der Waals surface area contributed by atoms with E-state index in [2.05, 4.69) is 38.2 Å². The second kappa shape index (κ2) is 34.1. The van der Waals surface area contributed by atoms with Gasteiger partial charge in [0.2, 0.25) is 0 Å². The second-order valence-electron chi connectivity index (χ2n) is 15.5. The van der Waals surface area contributed by atoms with Gasteiger partial charge < -0.3 is 39.9 Å². The summed E-state index contributed by atoms with van der Waals surface area (Å²) < 4.78 is 33.4. The average Bonchev–Trinajstić information content (AvgIpc) is 3.19. The van der Waals surface area contributed by atoms with Gasteiger partial charge in [-0.1, -0.05) is 128 Å². The highest BCUT2D eigenvalue weighted by Crippen LogP contribution is 2.47. The number of allylic oxidation sites excluding steroid dienone is 4. The molecule has 0 aliphatic heterocycles. The van der Waals surface area contributed by atoms with E-state index in [4.69, 9.17) is 18.5 Å². The number of carbonyl (C=O) groups excluding carboxylic acids is 2. The summed E-state index contributed by atoms with van der Waals surface area (Å²) in [6.45, 7) is 3.25. The van der Waals surface area contributed by atoms with Gasteiger partial charge in [-0.25, -0.2) is 4.57 Å². The first kappa shape index (κ1) is 53.3. The van der Waals surface area contributed by atoms with Crippen LogP contribution in [0.25, 0.3) is 0 Å². The van der Waals surface area contributed by atoms with Crippen molar-refractivity contribution in [3.05, 3.63) is 24.3 Å². The lowest BCUT2D eigenvalue weighted by molar-refractivity contribution is -0.220. The molecule has 1 saturated carbocycles. The van der Waals surface area contributed by atoms with Crippen LogP contribution in [-0.4, -0.2) is 98.3 Å². The lowest BCUT2D eigenvalue weighted by atomic mass is 9.85. The van der Waals surface area contributed by atoms with Gasteiger partial charge in [0.25, 0.3) is 0 Å². The van der Waals surface area contributed by atoms with Gasteiger partial charge in [0, 0.05) is 12.8 Å². The Labute approximate surface area is 343 Å². The molecular formula is C43H79O13P. The highest BCUT2D eigenvalue weighted by Gasteiger charge is 2.51. The highest BCUT2D eigenvalue weighted by molar-refractivity contribution is 7.47. The van der Waals surface area contributed by atoms with Crippen molar-refractivity contribution < 1.29 is 63.1 Å². The van der Waals surface area contributed by atoms with E-state index in [0.29, 0.717) is 12.8 Å². The van der Waals surface area contributed by atoms with Crippen molar-refractivity contribution in [3.8, 4) is 0 Å². The molecule has 13 nitrogen and oxygen atoms in total. The van der Waals surface area contributed by atoms with Crippen LogP contribution in [0.4, 0.5) is 0 Å². The summed E-state index contributed by atoms with van der Waals surface area (Å²) in [5, 5.41) is 50.0. The molecule has 0 aromatic heterocycles. The van der Waals surface area contributed by atoms with Crippen molar-refractivity contribution in [2.75, 3.05) is 13.2 Å². The Hall–Kier alpha value is -1.67. The van der Waals surface area contributed by atoms with Gasteiger partial charge >= 0.3 is 19.8 Å². The zero-order valence-electron chi connectivity index (χ0n) is 35.1. The number of aliphatic hydroxyl groups excluding tert-OH is 5. The molecule has 6 unspecified atom stereocenters. The summed E-state index contributed by atoms with van der Waals surface area (Å²) in [7, 11) is -5.12. The fourth-order valence-corrected chi connectivity index (χ4v) is 7.60. The van der Waals surface area contributed by atoms with Crippen LogP contribution in [-0.2, 0) is 32.7 Å². The number of hydrogen-bond donors (Lipinski definition) is 6. The average molecular weight is 835 g/mol. The molecule has 0 spiro atoms. The summed E-state index contributed by atoms with van der Waals surface area (Å²) >= 11 is 0. The summed E-state index contributed by atoms with van der Waals surface area (Å²) in [5.74, 6) is -1.12. The van der Waals surface area contributed by atoms with Gasteiger partial charge in [0.1, 0.15) is 43.2 Å². The molecule has 334 valence electrons. The van der Waals surface area contributed by atoms with Crippen molar-refractivity contribution >= 4 is 19.8 Å². The van der Waals surface area contributed by atoms with Crippen molar-refractivity contribution in [2.24, 2.45) is 0 Å². The normalized spacial score (nSPS) is 22.9. The van der Waals surface area contributed by atoms with Gasteiger partial charge in [0.15, 0.2) is 6.10 Å². The smallest absolute Gasteiger partial charge is 0.462 e. The van der Waals surface area contributed by atoms with Gasteiger partial charge in [-0.2, -0.15) is 0 Å². The van der Waals surface area contributed by atoms with E-state index in [1.165, 1.54) is 83.5 Å². The van der Waals surface area contributed by atoms with Crippen molar-refractivity contribution in [1.29, 1.82) is 0 Å². The zero-order chi connectivity index (χ0) is 42.2. The fourth-order valence-electron chi connectivity index (χ4n) is 6.63. The molecule has 0 radical (unpaired) electrons. The number of aliphatic hydroxyl groups is 5. The lowest BCUT2D eigenvalue weighted by Gasteiger charge is -2.41. The molecule has 0 saturated heterocycles. The number of phosphoric ester groups is 1. The number of ether oxygens (including phenoxy) is 2. The van der Waals surface area contributed by atoms with Crippen molar-refractivity contribution in [1.82, 2.24) is 0 Å². The first-order valence-corrected chi connectivity index (χ1v) is 23.6. The van der Waals surface area contributed by atoms with E-state index in [-0.39, 0.29) is 12.8 Å². The third-order valence-electron chi connectivity index (χ3n) is 10.3. The number of hydrogen-bond acceptors (Lipinski definition) is 12. The first-order valence-electron chi connectivity index (χ1n) is 22.1. The molecule has 57 heavy (non-hydrogen) atoms. The molecule has 0 aromatic carbocycles. The van der Waals surface area contributed by atoms with Crippen LogP contribution in [0.5, 0.6) is 0 Å². The topological polar surface area (TPSA) is 210 Å². The fraction of sp³-hybridized carbons (Fsp3) is 0.860. The minimum atomic E-state index is -5.12. The van der Waals surface area contributed by atoms with Gasteiger partial charge in [0.05, 0.1) is 6.61 Å². The Bertz CT molecular complexity index is 1100. The Kier molecular flexibility index (Phi) is 31.9. The molecule has 0 aromatic rings. The van der Waals surface area contributed by atoms with E-state index < -0.39 is 75.7 Å². The largest absolute Gasteiger partial charge is 0.472 e. The molecule has 1 aliphatic carbocycles. The molecule has 1 aliphatic rings. The Morgan fingerprint density at radius 2 is 0.895 bits per heavy atom. The predicted molar refractivity (Wildman–Crippen MR) is 221 cm³/mol. The zero-order valence-corrected chi connectivity index (χ0v) is 36.0. The van der Waals surface area contributed by atoms with Crippen molar-refractivity contribution in [3.63, 3.8) is 0 Å². The molecule has 0 heterocycles. The first-order chi connectivity index (χ1) is 27.4. The summed E-state index contributed by atoms with van der Waals surface area (Å²) in [6.07, 6.45) is 22.4. The molecular weight excluding hydrogens is 755 g/mol. The summed E-state index contributed by atoms with van der Waals surface area (Å²) in [4.78, 5) is 35.6. The molecule has 14 heteroatoms. The third-order valence-corrected chi connectivity index (χ3v) is 11.3. The minimum absolute atomic E-state index is 0.0770. The lowest BCUT2D eigenvalue weighted by Crippen LogP contribution is -2.64. The van der Waals surface area contributed by atoms with Gasteiger partial charge in [-0.3, -0.25) is 18.6 Å². The maximum Gasteiger partial charge on any atom is 0.472 e. The number of unbranched alkanes of at least 4 members (excludes halogenated alkanes) is 20. The van der Waals surface area contributed by atoms with E-state index >= 15 is 0 Å². The number of phosphoric acid groups is 1. The Balaban J connectivity index is 2.49. The van der Waals surface area contributed by atoms with Gasteiger partial charge in [-0.05, 0) is 64.2 Å². The van der Waals surface area contributed by atoms with Crippen LogP contribution in [0.1, 0.15) is 181 Å². The molecule has 1 fully saturated rings. The number of esters is 2. The molecule has 0 bridgehead atoms. The van der Waals surface area contributed by atoms with Crippen LogP contribution < -0.4 is 0 Å². The quantitative estimate of drug-likeness (QED) is 0.0153. The number of rotatable bonds is 36. The summed E-state index contributed by atoms with van der Waals surface area (Å²) in [6, 6.07) is 0. The maximum atomic E-state index is 12.8. The third kappa shape index (κ3) is 26.9. The predicted octanol–water partition coefficient (Wildman–Crippen LogP) is 8.06. The summed E-state index contributed by atoms with van der Waals surface area (Å²) in [5.41, 5.74) is 0. The van der Waals surface area contributed by atoms with Crippen LogP contribution in [0.3, 0.4) is 0 Å². The minimum Gasteiger partial charge on any atom is -0.462 e. The van der Waals surface area contributed by atoms with Gasteiger partial charge in [-0.15, -0.1) is 0 Å². The van der Waals surface area contributed by atoms with Crippen LogP contribution in [0, 0.1) is 0 Å². The van der Waals surface area contributed by atoms with E-state index in [1.54, 1.807) is 0 Å². The van der Waals surface area contributed by atoms with Crippen LogP contribution in [0.15, 0.2) is 24.3 Å². The Morgan fingerprint density at radius 1 is 0.526 bits per heavy atom. The molecule has 6 N–H and O–H groups in total. The second-order valence-corrected chi connectivity index (χ2v) is 16.9. The van der Waals surface area contributed by atoms with E-state index in [0.717, 1.165) is 57.8 Å². The monoisotopic (exact) mass is 835 g/mol. The highest BCUT2D eigenvalue weighted by atomic mass is 31.2.